The second kappa shape index (κ2) is 6.28. The zero-order chi connectivity index (χ0) is 13.9. The quantitative estimate of drug-likeness (QED) is 0.820. The minimum atomic E-state index is 0.475. The SMILES string of the molecule is CCC1(C(Cc2ccc(C)cc2Cl)NC)CCCC1. The number of nitrogens with one attached hydrogen (secondary N) is 1. The summed E-state index contributed by atoms with van der Waals surface area (Å²) in [7, 11) is 2.10. The molecule has 1 aliphatic rings. The number of likely N-dealkylation sites (N-methyl/N-ethyl adjacent to an activating group) is 1. The van der Waals surface area contributed by atoms with Gasteiger partial charge in [0, 0.05) is 11.1 Å². The van der Waals surface area contributed by atoms with E-state index in [1.165, 1.54) is 43.2 Å². The Bertz CT molecular complexity index is 421. The van der Waals surface area contributed by atoms with Gasteiger partial charge in [-0.05, 0) is 62.3 Å². The Morgan fingerprint density at radius 3 is 2.53 bits per heavy atom. The Hall–Kier alpha value is -0.530. The zero-order valence-electron chi connectivity index (χ0n) is 12.4. The van der Waals surface area contributed by atoms with E-state index in [0.29, 0.717) is 11.5 Å². The summed E-state index contributed by atoms with van der Waals surface area (Å²) in [5, 5.41) is 4.49. The van der Waals surface area contributed by atoms with Crippen molar-refractivity contribution in [2.75, 3.05) is 7.05 Å². The van der Waals surface area contributed by atoms with Crippen LogP contribution in [0, 0.1) is 12.3 Å². The summed E-state index contributed by atoms with van der Waals surface area (Å²) in [6, 6.07) is 6.98. The van der Waals surface area contributed by atoms with Crippen molar-refractivity contribution in [3.05, 3.63) is 34.3 Å². The molecule has 0 aromatic heterocycles. The van der Waals surface area contributed by atoms with E-state index in [1.807, 2.05) is 0 Å². The fraction of sp³-hybridized carbons (Fsp3) is 0.647. The molecule has 106 valence electrons. The molecule has 1 atom stereocenters. The van der Waals surface area contributed by atoms with Gasteiger partial charge in [-0.2, -0.15) is 0 Å². The molecule has 0 bridgehead atoms. The maximum Gasteiger partial charge on any atom is 0.0441 e. The van der Waals surface area contributed by atoms with Crippen molar-refractivity contribution in [3.63, 3.8) is 0 Å². The highest BCUT2D eigenvalue weighted by Crippen LogP contribution is 2.45. The fourth-order valence-electron chi connectivity index (χ4n) is 3.69. The van der Waals surface area contributed by atoms with Gasteiger partial charge < -0.3 is 5.32 Å². The van der Waals surface area contributed by atoms with E-state index >= 15 is 0 Å². The van der Waals surface area contributed by atoms with E-state index in [-0.39, 0.29) is 0 Å². The van der Waals surface area contributed by atoms with Crippen molar-refractivity contribution in [1.82, 2.24) is 5.32 Å². The second-order valence-corrected chi connectivity index (χ2v) is 6.47. The molecule has 1 aromatic rings. The molecule has 0 aliphatic heterocycles. The van der Waals surface area contributed by atoms with Crippen LogP contribution in [0.4, 0.5) is 0 Å². The van der Waals surface area contributed by atoms with Crippen LogP contribution in [0.25, 0.3) is 0 Å². The van der Waals surface area contributed by atoms with Gasteiger partial charge in [0.1, 0.15) is 0 Å². The molecule has 0 amide bonds. The van der Waals surface area contributed by atoms with Gasteiger partial charge in [-0.3, -0.25) is 0 Å². The molecular formula is C17H26ClN. The molecule has 2 heteroatoms. The molecule has 0 heterocycles. The Balaban J connectivity index is 2.18. The Labute approximate surface area is 122 Å². The molecule has 1 nitrogen and oxygen atoms in total. The van der Waals surface area contributed by atoms with Crippen LogP contribution in [0.15, 0.2) is 18.2 Å². The highest BCUT2D eigenvalue weighted by atomic mass is 35.5. The molecule has 1 unspecified atom stereocenters. The standard InChI is InChI=1S/C17H26ClN/c1-4-17(9-5-6-10-17)16(19-3)12-14-8-7-13(2)11-15(14)18/h7-8,11,16,19H,4-6,9-10,12H2,1-3H3. The van der Waals surface area contributed by atoms with E-state index < -0.39 is 0 Å². The lowest BCUT2D eigenvalue weighted by molar-refractivity contribution is 0.192. The van der Waals surface area contributed by atoms with Crippen molar-refractivity contribution < 1.29 is 0 Å². The van der Waals surface area contributed by atoms with Gasteiger partial charge in [-0.25, -0.2) is 0 Å². The largest absolute Gasteiger partial charge is 0.316 e. The Morgan fingerprint density at radius 2 is 2.00 bits per heavy atom. The first-order valence-corrected chi connectivity index (χ1v) is 7.91. The molecule has 19 heavy (non-hydrogen) atoms. The fourth-order valence-corrected chi connectivity index (χ4v) is 4.00. The molecule has 1 fully saturated rings. The lowest BCUT2D eigenvalue weighted by atomic mass is 9.74. The van der Waals surface area contributed by atoms with E-state index in [4.69, 9.17) is 11.6 Å². The normalized spacial score (nSPS) is 19.6. The van der Waals surface area contributed by atoms with Crippen molar-refractivity contribution >= 4 is 11.6 Å². The first-order valence-electron chi connectivity index (χ1n) is 7.53. The Morgan fingerprint density at radius 1 is 1.32 bits per heavy atom. The monoisotopic (exact) mass is 279 g/mol. The smallest absolute Gasteiger partial charge is 0.0441 e. The molecule has 0 spiro atoms. The third kappa shape index (κ3) is 3.14. The highest BCUT2D eigenvalue weighted by Gasteiger charge is 2.38. The molecule has 2 rings (SSSR count). The summed E-state index contributed by atoms with van der Waals surface area (Å²) < 4.78 is 0. The predicted molar refractivity (Wildman–Crippen MR) is 83.9 cm³/mol. The van der Waals surface area contributed by atoms with Crippen LogP contribution >= 0.6 is 11.6 Å². The minimum Gasteiger partial charge on any atom is -0.316 e. The average Bonchev–Trinajstić information content (AvgIpc) is 2.88. The number of halogens is 1. The van der Waals surface area contributed by atoms with Gasteiger partial charge in [-0.1, -0.05) is 43.5 Å². The van der Waals surface area contributed by atoms with Crippen LogP contribution in [0.2, 0.25) is 5.02 Å². The van der Waals surface area contributed by atoms with E-state index in [0.717, 1.165) is 11.4 Å². The van der Waals surface area contributed by atoms with Crippen molar-refractivity contribution in [1.29, 1.82) is 0 Å². The lowest BCUT2D eigenvalue weighted by Gasteiger charge is -2.37. The van der Waals surface area contributed by atoms with Crippen LogP contribution in [-0.2, 0) is 6.42 Å². The van der Waals surface area contributed by atoms with E-state index in [9.17, 15) is 0 Å². The summed E-state index contributed by atoms with van der Waals surface area (Å²) in [5.41, 5.74) is 3.00. The van der Waals surface area contributed by atoms with E-state index in [1.54, 1.807) is 0 Å². The molecule has 1 aliphatic carbocycles. The molecule has 1 aromatic carbocycles. The van der Waals surface area contributed by atoms with Gasteiger partial charge in [0.25, 0.3) is 0 Å². The molecule has 0 radical (unpaired) electrons. The minimum absolute atomic E-state index is 0.475. The molecule has 0 saturated heterocycles. The predicted octanol–water partition coefficient (Wildman–Crippen LogP) is 4.75. The maximum absolute atomic E-state index is 6.40. The topological polar surface area (TPSA) is 12.0 Å². The van der Waals surface area contributed by atoms with Crippen molar-refractivity contribution in [2.24, 2.45) is 5.41 Å². The maximum atomic E-state index is 6.40. The van der Waals surface area contributed by atoms with E-state index in [2.05, 4.69) is 44.4 Å². The van der Waals surface area contributed by atoms with Crippen LogP contribution < -0.4 is 5.32 Å². The van der Waals surface area contributed by atoms with Gasteiger partial charge in [0.15, 0.2) is 0 Å². The lowest BCUT2D eigenvalue weighted by Crippen LogP contribution is -2.43. The molecular weight excluding hydrogens is 254 g/mol. The summed E-state index contributed by atoms with van der Waals surface area (Å²) in [6.07, 6.45) is 7.80. The van der Waals surface area contributed by atoms with Crippen molar-refractivity contribution in [2.45, 2.75) is 58.4 Å². The average molecular weight is 280 g/mol. The number of aryl methyl sites for hydroxylation is 1. The van der Waals surface area contributed by atoms with Crippen LogP contribution in [0.1, 0.15) is 50.2 Å². The number of hydrogen-bond donors (Lipinski definition) is 1. The summed E-state index contributed by atoms with van der Waals surface area (Å²) in [6.45, 7) is 4.43. The highest BCUT2D eigenvalue weighted by molar-refractivity contribution is 6.31. The molecule has 1 saturated carbocycles. The molecule has 1 N–H and O–H groups in total. The van der Waals surface area contributed by atoms with Gasteiger partial charge in [-0.15, -0.1) is 0 Å². The third-order valence-electron chi connectivity index (χ3n) is 5.02. The first kappa shape index (κ1) is 14.9. The van der Waals surface area contributed by atoms with Crippen LogP contribution in [0.3, 0.4) is 0 Å². The zero-order valence-corrected chi connectivity index (χ0v) is 13.2. The number of rotatable bonds is 5. The van der Waals surface area contributed by atoms with Crippen molar-refractivity contribution in [3.8, 4) is 0 Å². The number of hydrogen-bond acceptors (Lipinski definition) is 1. The summed E-state index contributed by atoms with van der Waals surface area (Å²) >= 11 is 6.40. The summed E-state index contributed by atoms with van der Waals surface area (Å²) in [4.78, 5) is 0. The third-order valence-corrected chi connectivity index (χ3v) is 5.38. The van der Waals surface area contributed by atoms with Gasteiger partial charge >= 0.3 is 0 Å². The van der Waals surface area contributed by atoms with Crippen LogP contribution in [0.5, 0.6) is 0 Å². The van der Waals surface area contributed by atoms with Gasteiger partial charge in [0.05, 0.1) is 0 Å². The van der Waals surface area contributed by atoms with Gasteiger partial charge in [0.2, 0.25) is 0 Å². The Kier molecular flexibility index (Phi) is 4.92. The number of benzene rings is 1. The van der Waals surface area contributed by atoms with Crippen LogP contribution in [-0.4, -0.2) is 13.1 Å². The first-order chi connectivity index (χ1) is 9.11. The summed E-state index contributed by atoms with van der Waals surface area (Å²) in [5.74, 6) is 0. The second-order valence-electron chi connectivity index (χ2n) is 6.06.